The number of thiol groups is 1. The molecule has 0 aliphatic carbocycles. The Bertz CT molecular complexity index is 797. The molecule has 0 aromatic heterocycles. The molecule has 6 heteroatoms. The lowest BCUT2D eigenvalue weighted by atomic mass is 10.3. The summed E-state index contributed by atoms with van der Waals surface area (Å²) in [6, 6.07) is 16.5. The predicted octanol–water partition coefficient (Wildman–Crippen LogP) is 5.86. The minimum atomic E-state index is -2.15. The molecule has 0 N–H and O–H groups in total. The summed E-state index contributed by atoms with van der Waals surface area (Å²) in [7, 11) is -1.93. The summed E-state index contributed by atoms with van der Waals surface area (Å²) in [4.78, 5) is 0.183. The fourth-order valence-corrected chi connectivity index (χ4v) is 4.70. The second-order valence-electron chi connectivity index (χ2n) is 4.93. The second-order valence-corrected chi connectivity index (χ2v) is 7.08. The molecule has 3 aromatic carbocycles. The highest BCUT2D eigenvalue weighted by atomic mass is 32.2. The van der Waals surface area contributed by atoms with Crippen LogP contribution in [0.15, 0.2) is 75.4 Å². The van der Waals surface area contributed by atoms with Gasteiger partial charge in [0, 0.05) is 0 Å². The standard InChI is InChI=1S/C18H11F5S/c19-13-14(20)16(22)18(17(23)15(13)21)24(11-7-3-1-4-8-11)12-9-5-2-6-10-12/h1-10,24H. The zero-order valence-corrected chi connectivity index (χ0v) is 13.0. The van der Waals surface area contributed by atoms with Crippen molar-refractivity contribution in [1.82, 2.24) is 0 Å². The normalized spacial score (nSPS) is 11.5. The number of rotatable bonds is 3. The number of halogens is 5. The van der Waals surface area contributed by atoms with Crippen LogP contribution < -0.4 is 0 Å². The summed E-state index contributed by atoms with van der Waals surface area (Å²) in [5, 5.41) is 0. The minimum Gasteiger partial charge on any atom is -0.202 e. The van der Waals surface area contributed by atoms with E-state index >= 15 is 0 Å². The van der Waals surface area contributed by atoms with Crippen molar-refractivity contribution < 1.29 is 22.0 Å². The van der Waals surface area contributed by atoms with Crippen LogP contribution in [0.4, 0.5) is 22.0 Å². The number of benzene rings is 3. The second kappa shape index (κ2) is 6.65. The average molecular weight is 354 g/mol. The van der Waals surface area contributed by atoms with Crippen LogP contribution in [0.3, 0.4) is 0 Å². The third-order valence-corrected chi connectivity index (χ3v) is 5.91. The van der Waals surface area contributed by atoms with Crippen molar-refractivity contribution in [3.05, 3.63) is 89.7 Å². The van der Waals surface area contributed by atoms with Crippen LogP contribution in [0.5, 0.6) is 0 Å². The summed E-state index contributed by atoms with van der Waals surface area (Å²) in [6.45, 7) is 0. The van der Waals surface area contributed by atoms with Crippen LogP contribution in [0.2, 0.25) is 0 Å². The Morgan fingerprint density at radius 3 is 1.17 bits per heavy atom. The fourth-order valence-electron chi connectivity index (χ4n) is 2.35. The van der Waals surface area contributed by atoms with Crippen molar-refractivity contribution in [3.63, 3.8) is 0 Å². The number of hydrogen-bond donors (Lipinski definition) is 1. The van der Waals surface area contributed by atoms with Crippen LogP contribution in [-0.4, -0.2) is 0 Å². The zero-order valence-electron chi connectivity index (χ0n) is 12.1. The molecular formula is C18H11F5S. The van der Waals surface area contributed by atoms with E-state index in [4.69, 9.17) is 0 Å². The van der Waals surface area contributed by atoms with Gasteiger partial charge in [0.2, 0.25) is 5.82 Å². The van der Waals surface area contributed by atoms with Gasteiger partial charge < -0.3 is 0 Å². The summed E-state index contributed by atoms with van der Waals surface area (Å²) in [5.41, 5.74) is 0. The molecule has 0 atom stereocenters. The van der Waals surface area contributed by atoms with Gasteiger partial charge in [-0.25, -0.2) is 22.0 Å². The lowest BCUT2D eigenvalue weighted by Crippen LogP contribution is -2.06. The van der Waals surface area contributed by atoms with Crippen molar-refractivity contribution in [2.45, 2.75) is 14.7 Å². The summed E-state index contributed by atoms with van der Waals surface area (Å²) >= 11 is 0. The van der Waals surface area contributed by atoms with Crippen molar-refractivity contribution in [2.24, 2.45) is 0 Å². The first kappa shape index (κ1) is 16.5. The molecule has 3 rings (SSSR count). The largest absolute Gasteiger partial charge is 0.202 e. The Balaban J connectivity index is 2.33. The molecule has 0 fully saturated rings. The van der Waals surface area contributed by atoms with Gasteiger partial charge in [0.05, 0.1) is 4.90 Å². The lowest BCUT2D eigenvalue weighted by molar-refractivity contribution is 0.360. The molecule has 0 radical (unpaired) electrons. The van der Waals surface area contributed by atoms with E-state index in [2.05, 4.69) is 0 Å². The summed E-state index contributed by atoms with van der Waals surface area (Å²) in [5.74, 6) is -9.58. The fraction of sp³-hybridized carbons (Fsp3) is 0. The quantitative estimate of drug-likeness (QED) is 0.259. The maximum Gasteiger partial charge on any atom is 0.200 e. The van der Waals surface area contributed by atoms with E-state index in [1.54, 1.807) is 60.7 Å². The smallest absolute Gasteiger partial charge is 0.200 e. The predicted molar refractivity (Wildman–Crippen MR) is 82.9 cm³/mol. The Labute approximate surface area is 137 Å². The first-order chi connectivity index (χ1) is 11.5. The maximum atomic E-state index is 14.3. The van der Waals surface area contributed by atoms with Crippen molar-refractivity contribution >= 4 is 10.9 Å². The third kappa shape index (κ3) is 2.78. The van der Waals surface area contributed by atoms with E-state index in [-0.39, 0.29) is 0 Å². The van der Waals surface area contributed by atoms with Crippen LogP contribution >= 0.6 is 10.9 Å². The van der Waals surface area contributed by atoms with Gasteiger partial charge in [0.25, 0.3) is 0 Å². The highest BCUT2D eigenvalue weighted by molar-refractivity contribution is 8.17. The summed E-state index contributed by atoms with van der Waals surface area (Å²) < 4.78 is 69.3. The maximum absolute atomic E-state index is 14.3. The van der Waals surface area contributed by atoms with Crippen molar-refractivity contribution in [1.29, 1.82) is 0 Å². The van der Waals surface area contributed by atoms with Gasteiger partial charge in [-0.05, 0) is 34.1 Å². The van der Waals surface area contributed by atoms with Crippen LogP contribution in [0.1, 0.15) is 0 Å². The van der Waals surface area contributed by atoms with E-state index in [0.29, 0.717) is 9.79 Å². The van der Waals surface area contributed by atoms with Crippen LogP contribution in [-0.2, 0) is 0 Å². The zero-order chi connectivity index (χ0) is 17.3. The Morgan fingerprint density at radius 1 is 0.458 bits per heavy atom. The first-order valence-corrected chi connectivity index (χ1v) is 8.28. The molecule has 0 aliphatic rings. The van der Waals surface area contributed by atoms with Gasteiger partial charge in [0.1, 0.15) is 0 Å². The lowest BCUT2D eigenvalue weighted by Gasteiger charge is -2.24. The van der Waals surface area contributed by atoms with Gasteiger partial charge in [0.15, 0.2) is 23.3 Å². The van der Waals surface area contributed by atoms with Gasteiger partial charge in [-0.2, -0.15) is 10.9 Å². The molecule has 0 saturated heterocycles. The first-order valence-electron chi connectivity index (χ1n) is 6.94. The molecule has 0 unspecified atom stereocenters. The molecule has 124 valence electrons. The van der Waals surface area contributed by atoms with E-state index in [1.165, 1.54) is 0 Å². The summed E-state index contributed by atoms with van der Waals surface area (Å²) in [6.07, 6.45) is 0. The van der Waals surface area contributed by atoms with Gasteiger partial charge in [-0.15, -0.1) is 0 Å². The molecule has 0 heterocycles. The van der Waals surface area contributed by atoms with E-state index in [9.17, 15) is 22.0 Å². The molecule has 0 aliphatic heterocycles. The van der Waals surface area contributed by atoms with E-state index < -0.39 is 44.9 Å². The highest BCUT2D eigenvalue weighted by Crippen LogP contribution is 2.53. The van der Waals surface area contributed by atoms with Crippen molar-refractivity contribution in [2.75, 3.05) is 0 Å². The number of hydrogen-bond acceptors (Lipinski definition) is 0. The average Bonchev–Trinajstić information content (AvgIpc) is 2.63. The third-order valence-electron chi connectivity index (χ3n) is 3.44. The van der Waals surface area contributed by atoms with Gasteiger partial charge >= 0.3 is 0 Å². The molecular weight excluding hydrogens is 343 g/mol. The van der Waals surface area contributed by atoms with Gasteiger partial charge in [-0.1, -0.05) is 36.4 Å². The Kier molecular flexibility index (Phi) is 4.57. The Hall–Kier alpha value is -2.34. The monoisotopic (exact) mass is 354 g/mol. The molecule has 0 saturated carbocycles. The molecule has 3 aromatic rings. The molecule has 0 nitrogen and oxygen atoms in total. The molecule has 24 heavy (non-hydrogen) atoms. The molecule has 0 amide bonds. The van der Waals surface area contributed by atoms with Crippen LogP contribution in [0.25, 0.3) is 0 Å². The molecule has 0 spiro atoms. The molecule has 0 bridgehead atoms. The van der Waals surface area contributed by atoms with Crippen molar-refractivity contribution in [3.8, 4) is 0 Å². The Morgan fingerprint density at radius 2 is 0.792 bits per heavy atom. The van der Waals surface area contributed by atoms with E-state index in [1.807, 2.05) is 0 Å². The van der Waals surface area contributed by atoms with Gasteiger partial charge in [-0.3, -0.25) is 0 Å². The SMILES string of the molecule is Fc1c(F)c(F)c([SH](c2ccccc2)c2ccccc2)c(F)c1F. The minimum absolute atomic E-state index is 0.488. The van der Waals surface area contributed by atoms with Crippen LogP contribution in [0, 0.1) is 29.1 Å². The van der Waals surface area contributed by atoms with E-state index in [0.717, 1.165) is 0 Å². The highest BCUT2D eigenvalue weighted by Gasteiger charge is 2.30. The topological polar surface area (TPSA) is 0 Å².